The highest BCUT2D eigenvalue weighted by atomic mass is 19.1. The van der Waals surface area contributed by atoms with E-state index in [9.17, 15) is 4.39 Å². The molecule has 17 heavy (non-hydrogen) atoms. The van der Waals surface area contributed by atoms with Gasteiger partial charge in [-0.15, -0.1) is 0 Å². The van der Waals surface area contributed by atoms with E-state index in [1.165, 1.54) is 6.07 Å². The number of benzene rings is 1. The third kappa shape index (κ3) is 1.67. The lowest BCUT2D eigenvalue weighted by atomic mass is 10.1. The van der Waals surface area contributed by atoms with Gasteiger partial charge in [0.05, 0.1) is 11.9 Å². The Labute approximate surface area is 98.3 Å². The molecule has 0 bridgehead atoms. The molecule has 0 aliphatic carbocycles. The minimum atomic E-state index is -0.238. The Morgan fingerprint density at radius 2 is 2.18 bits per heavy atom. The molecule has 0 saturated heterocycles. The van der Waals surface area contributed by atoms with E-state index in [1.54, 1.807) is 24.7 Å². The smallest absolute Gasteiger partial charge is 0.151 e. The third-order valence-corrected chi connectivity index (χ3v) is 2.70. The molecule has 0 N–H and O–H groups in total. The summed E-state index contributed by atoms with van der Waals surface area (Å²) in [6, 6.07) is 5.05. The largest absolute Gasteiger partial charge is 0.318 e. The first-order valence-electron chi connectivity index (χ1n) is 5.35. The average molecular weight is 227 g/mol. The summed E-state index contributed by atoms with van der Waals surface area (Å²) in [6.45, 7) is 0.604. The molecule has 1 aromatic heterocycles. The topological polar surface area (TPSA) is 29.0 Å². The van der Waals surface area contributed by atoms with Crippen LogP contribution >= 0.6 is 0 Å². The zero-order valence-electron chi connectivity index (χ0n) is 9.05. The van der Waals surface area contributed by atoms with E-state index in [2.05, 4.69) is 9.97 Å². The summed E-state index contributed by atoms with van der Waals surface area (Å²) < 4.78 is 13.9. The van der Waals surface area contributed by atoms with Gasteiger partial charge in [-0.2, -0.15) is 0 Å². The summed E-state index contributed by atoms with van der Waals surface area (Å²) in [5.74, 6) is 0.417. The van der Waals surface area contributed by atoms with E-state index in [0.717, 1.165) is 5.56 Å². The Bertz CT molecular complexity index is 566. The minimum Gasteiger partial charge on any atom is -0.318 e. The number of anilines is 2. The predicted octanol–water partition coefficient (Wildman–Crippen LogP) is 2.78. The first-order valence-corrected chi connectivity index (χ1v) is 5.35. The molecular weight excluding hydrogens is 217 g/mol. The summed E-state index contributed by atoms with van der Waals surface area (Å²) in [6.07, 6.45) is 8.75. The van der Waals surface area contributed by atoms with Crippen molar-refractivity contribution in [3.63, 3.8) is 0 Å². The van der Waals surface area contributed by atoms with Gasteiger partial charge in [0.1, 0.15) is 5.82 Å². The summed E-state index contributed by atoms with van der Waals surface area (Å²) >= 11 is 0. The van der Waals surface area contributed by atoms with Crippen molar-refractivity contribution < 1.29 is 4.39 Å². The molecule has 4 heteroatoms. The molecule has 0 spiro atoms. The van der Waals surface area contributed by atoms with Crippen LogP contribution in [0.15, 0.2) is 42.9 Å². The van der Waals surface area contributed by atoms with Crippen molar-refractivity contribution in [3.8, 4) is 0 Å². The number of hydrogen-bond donors (Lipinski definition) is 0. The molecule has 0 fully saturated rings. The summed E-state index contributed by atoms with van der Waals surface area (Å²) in [4.78, 5) is 10.0. The third-order valence-electron chi connectivity index (χ3n) is 2.70. The van der Waals surface area contributed by atoms with Crippen molar-refractivity contribution in [2.45, 2.75) is 0 Å². The Morgan fingerprint density at radius 3 is 3.00 bits per heavy atom. The number of fused-ring (bicyclic) bond motifs is 1. The first kappa shape index (κ1) is 9.96. The van der Waals surface area contributed by atoms with Crippen LogP contribution in [0.1, 0.15) is 5.56 Å². The summed E-state index contributed by atoms with van der Waals surface area (Å²) in [5.41, 5.74) is 1.43. The lowest BCUT2D eigenvalue weighted by Gasteiger charge is -2.27. The summed E-state index contributed by atoms with van der Waals surface area (Å²) in [5, 5.41) is 0. The lowest BCUT2D eigenvalue weighted by Crippen LogP contribution is -2.22. The SMILES string of the molecule is Fc1cccc2c1N(c1cnccn1)CC=C2. The maximum Gasteiger partial charge on any atom is 0.151 e. The number of para-hydroxylation sites is 1. The van der Waals surface area contributed by atoms with E-state index in [-0.39, 0.29) is 5.82 Å². The molecule has 0 unspecified atom stereocenters. The van der Waals surface area contributed by atoms with Crippen molar-refractivity contribution in [1.82, 2.24) is 9.97 Å². The molecule has 1 aromatic carbocycles. The normalized spacial score (nSPS) is 13.6. The van der Waals surface area contributed by atoms with E-state index in [0.29, 0.717) is 18.1 Å². The highest BCUT2D eigenvalue weighted by Crippen LogP contribution is 2.33. The van der Waals surface area contributed by atoms with Gasteiger partial charge in [-0.1, -0.05) is 24.3 Å². The first-order chi connectivity index (χ1) is 8.36. The number of aromatic nitrogens is 2. The molecule has 3 nitrogen and oxygen atoms in total. The van der Waals surface area contributed by atoms with E-state index in [1.807, 2.05) is 23.1 Å². The predicted molar refractivity (Wildman–Crippen MR) is 64.5 cm³/mol. The second-order valence-electron chi connectivity index (χ2n) is 3.75. The average Bonchev–Trinajstić information content (AvgIpc) is 2.39. The quantitative estimate of drug-likeness (QED) is 0.750. The van der Waals surface area contributed by atoms with Gasteiger partial charge in [-0.05, 0) is 6.07 Å². The van der Waals surface area contributed by atoms with Crippen LogP contribution in [-0.4, -0.2) is 16.5 Å². The Balaban J connectivity index is 2.14. The molecule has 1 aliphatic heterocycles. The van der Waals surface area contributed by atoms with Crippen LogP contribution in [0, 0.1) is 5.82 Å². The lowest BCUT2D eigenvalue weighted by molar-refractivity contribution is 0.625. The van der Waals surface area contributed by atoms with Crippen LogP contribution in [0.2, 0.25) is 0 Å². The van der Waals surface area contributed by atoms with Crippen LogP contribution in [-0.2, 0) is 0 Å². The molecular formula is C13H10FN3. The minimum absolute atomic E-state index is 0.238. The van der Waals surface area contributed by atoms with Gasteiger partial charge in [0, 0.05) is 24.5 Å². The van der Waals surface area contributed by atoms with E-state index in [4.69, 9.17) is 0 Å². The van der Waals surface area contributed by atoms with Crippen molar-refractivity contribution in [3.05, 3.63) is 54.2 Å². The molecule has 3 rings (SSSR count). The van der Waals surface area contributed by atoms with Gasteiger partial charge in [-0.3, -0.25) is 4.98 Å². The molecule has 2 heterocycles. The number of hydrogen-bond acceptors (Lipinski definition) is 3. The van der Waals surface area contributed by atoms with Crippen LogP contribution in [0.25, 0.3) is 6.08 Å². The maximum absolute atomic E-state index is 13.9. The highest BCUT2D eigenvalue weighted by Gasteiger charge is 2.19. The van der Waals surface area contributed by atoms with Gasteiger partial charge >= 0.3 is 0 Å². The van der Waals surface area contributed by atoms with Crippen molar-refractivity contribution in [2.24, 2.45) is 0 Å². The van der Waals surface area contributed by atoms with E-state index < -0.39 is 0 Å². The molecule has 1 aliphatic rings. The van der Waals surface area contributed by atoms with Gasteiger partial charge < -0.3 is 4.90 Å². The fourth-order valence-electron chi connectivity index (χ4n) is 1.97. The zero-order chi connectivity index (χ0) is 11.7. The fourth-order valence-corrected chi connectivity index (χ4v) is 1.97. The van der Waals surface area contributed by atoms with Crippen LogP contribution in [0.3, 0.4) is 0 Å². The highest BCUT2D eigenvalue weighted by molar-refractivity contribution is 5.76. The van der Waals surface area contributed by atoms with Crippen LogP contribution in [0.5, 0.6) is 0 Å². The van der Waals surface area contributed by atoms with Gasteiger partial charge in [-0.25, -0.2) is 9.37 Å². The van der Waals surface area contributed by atoms with Gasteiger partial charge in [0.25, 0.3) is 0 Å². The summed E-state index contributed by atoms with van der Waals surface area (Å²) in [7, 11) is 0. The number of halogens is 1. The molecule has 2 aromatic rings. The van der Waals surface area contributed by atoms with Crippen LogP contribution in [0.4, 0.5) is 15.9 Å². The zero-order valence-corrected chi connectivity index (χ0v) is 9.05. The standard InChI is InChI=1S/C13H10FN3/c14-11-5-1-3-10-4-2-8-17(13(10)11)12-9-15-6-7-16-12/h1-7,9H,8H2. The number of nitrogens with zero attached hydrogens (tertiary/aromatic N) is 3. The molecule has 0 radical (unpaired) electrons. The Hall–Kier alpha value is -2.23. The van der Waals surface area contributed by atoms with Crippen LogP contribution < -0.4 is 4.90 Å². The second kappa shape index (κ2) is 3.97. The Morgan fingerprint density at radius 1 is 1.24 bits per heavy atom. The van der Waals surface area contributed by atoms with Crippen molar-refractivity contribution in [2.75, 3.05) is 11.4 Å². The van der Waals surface area contributed by atoms with Gasteiger partial charge in [0.2, 0.25) is 0 Å². The molecule has 0 saturated carbocycles. The monoisotopic (exact) mass is 227 g/mol. The Kier molecular flexibility index (Phi) is 2.33. The van der Waals surface area contributed by atoms with Crippen molar-refractivity contribution >= 4 is 17.6 Å². The van der Waals surface area contributed by atoms with Gasteiger partial charge in [0.15, 0.2) is 5.82 Å². The second-order valence-corrected chi connectivity index (χ2v) is 3.75. The van der Waals surface area contributed by atoms with E-state index >= 15 is 0 Å². The number of rotatable bonds is 1. The molecule has 84 valence electrons. The fraction of sp³-hybridized carbons (Fsp3) is 0.0769. The molecule has 0 atom stereocenters. The van der Waals surface area contributed by atoms with Crippen molar-refractivity contribution in [1.29, 1.82) is 0 Å². The maximum atomic E-state index is 13.9. The molecule has 0 amide bonds.